The average molecular weight is 1380 g/mol. The molecule has 15 nitrogen and oxygen atoms in total. The lowest BCUT2D eigenvalue weighted by Crippen LogP contribution is -2.53. The third-order valence-corrected chi connectivity index (χ3v) is 19.6. The maximum absolute atomic E-state index is 13.4. The number of aromatic nitrogens is 7. The van der Waals surface area contributed by atoms with E-state index >= 15 is 0 Å². The summed E-state index contributed by atoms with van der Waals surface area (Å²) in [5, 5.41) is 25.6. The molecule has 1 unspecified atom stereocenters. The highest BCUT2D eigenvalue weighted by atomic mass is 35.5. The molecule has 99 heavy (non-hydrogen) atoms. The number of benzene rings is 6. The predicted molar refractivity (Wildman–Crippen MR) is 398 cm³/mol. The van der Waals surface area contributed by atoms with E-state index in [2.05, 4.69) is 170 Å². The van der Waals surface area contributed by atoms with Crippen molar-refractivity contribution in [1.82, 2.24) is 65.5 Å². The van der Waals surface area contributed by atoms with E-state index in [9.17, 15) is 13.9 Å². The molecule has 7 heterocycles. The first-order valence-corrected chi connectivity index (χ1v) is 35.9. The minimum absolute atomic E-state index is 0.308. The summed E-state index contributed by atoms with van der Waals surface area (Å²) in [6, 6.07) is 47.8. The minimum atomic E-state index is -0.537. The molecule has 0 aliphatic carbocycles. The van der Waals surface area contributed by atoms with Gasteiger partial charge in [0.2, 0.25) is 5.95 Å². The summed E-state index contributed by atoms with van der Waals surface area (Å²) in [6.45, 7) is 24.3. The van der Waals surface area contributed by atoms with Crippen LogP contribution >= 0.6 is 23.2 Å². The van der Waals surface area contributed by atoms with Crippen LogP contribution in [0.4, 0.5) is 14.7 Å². The highest BCUT2D eigenvalue weighted by Crippen LogP contribution is 2.32. The lowest BCUT2D eigenvalue weighted by Gasteiger charge is -2.37. The highest BCUT2D eigenvalue weighted by Gasteiger charge is 2.25. The number of nitrogens with one attached hydrogen (secondary N) is 5. The van der Waals surface area contributed by atoms with E-state index in [0.29, 0.717) is 76.9 Å². The van der Waals surface area contributed by atoms with Gasteiger partial charge < -0.3 is 31.4 Å². The third kappa shape index (κ3) is 20.8. The Kier molecular flexibility index (Phi) is 25.7. The summed E-state index contributed by atoms with van der Waals surface area (Å²) in [6.07, 6.45) is 13.9. The van der Waals surface area contributed by atoms with Crippen molar-refractivity contribution >= 4 is 40.1 Å². The number of aryl methyl sites for hydroxylation is 5. The first kappa shape index (κ1) is 72.2. The second-order valence-corrected chi connectivity index (χ2v) is 27.7. The largest absolute Gasteiger partial charge is 0.508 e. The molecule has 0 bridgehead atoms. The van der Waals surface area contributed by atoms with E-state index in [1.807, 2.05) is 42.6 Å². The van der Waals surface area contributed by atoms with Gasteiger partial charge in [-0.15, -0.1) is 0 Å². The molecular formula is C80H94Cl2F2N14O. The molecule has 19 heteroatoms. The number of phenols is 1. The zero-order valence-corrected chi connectivity index (χ0v) is 59.4. The van der Waals surface area contributed by atoms with Gasteiger partial charge in [-0.2, -0.15) is 0 Å². The van der Waals surface area contributed by atoms with Gasteiger partial charge in [-0.25, -0.2) is 38.7 Å². The molecule has 6 aromatic carbocycles. The van der Waals surface area contributed by atoms with E-state index in [-0.39, 0.29) is 0 Å². The summed E-state index contributed by atoms with van der Waals surface area (Å²) in [5.74, 6) is 1.48. The van der Waals surface area contributed by atoms with Crippen molar-refractivity contribution in [3.63, 3.8) is 0 Å². The first-order chi connectivity index (χ1) is 48.0. The van der Waals surface area contributed by atoms with Crippen LogP contribution in [0.15, 0.2) is 164 Å². The molecule has 3 fully saturated rings. The van der Waals surface area contributed by atoms with Gasteiger partial charge in [-0.05, 0) is 185 Å². The molecule has 13 rings (SSSR count). The van der Waals surface area contributed by atoms with Gasteiger partial charge in [-0.1, -0.05) is 90.8 Å². The topological polar surface area (TPSA) is 171 Å². The van der Waals surface area contributed by atoms with E-state index in [1.165, 1.54) is 39.9 Å². The summed E-state index contributed by atoms with van der Waals surface area (Å²) in [4.78, 5) is 38.5. The van der Waals surface area contributed by atoms with E-state index in [4.69, 9.17) is 38.2 Å². The van der Waals surface area contributed by atoms with Gasteiger partial charge in [0.1, 0.15) is 29.0 Å². The van der Waals surface area contributed by atoms with Crippen LogP contribution in [0.5, 0.6) is 5.75 Å². The Balaban J connectivity index is 0.000000150. The van der Waals surface area contributed by atoms with Crippen LogP contribution in [0.3, 0.4) is 0 Å². The first-order valence-electron chi connectivity index (χ1n) is 35.1. The number of hydrogen-bond donors (Lipinski definition) is 6. The zero-order valence-electron chi connectivity index (χ0n) is 57.9. The molecule has 6 N–H and O–H groups in total. The second kappa shape index (κ2) is 35.3. The lowest BCUT2D eigenvalue weighted by molar-refractivity contribution is 0.139. The van der Waals surface area contributed by atoms with Gasteiger partial charge in [0.05, 0.1) is 32.6 Å². The number of nitrogens with zero attached hydrogens (tertiary/aromatic N) is 9. The van der Waals surface area contributed by atoms with Crippen molar-refractivity contribution in [2.24, 2.45) is 0 Å². The fourth-order valence-corrected chi connectivity index (χ4v) is 13.9. The molecule has 0 radical (unpaired) electrons. The van der Waals surface area contributed by atoms with Gasteiger partial charge in [-0.3, -0.25) is 14.7 Å². The Bertz CT molecular complexity index is 4230. The van der Waals surface area contributed by atoms with E-state index in [1.54, 1.807) is 30.7 Å². The summed E-state index contributed by atoms with van der Waals surface area (Å²) in [7, 11) is 0. The Hall–Kier alpha value is -8.10. The van der Waals surface area contributed by atoms with Crippen LogP contribution < -0.4 is 21.3 Å². The zero-order chi connectivity index (χ0) is 69.2. The number of fused-ring (bicyclic) bond motifs is 1. The fourth-order valence-electron chi connectivity index (χ4n) is 13.4. The van der Waals surface area contributed by atoms with Gasteiger partial charge in [0, 0.05) is 168 Å². The summed E-state index contributed by atoms with van der Waals surface area (Å²) < 4.78 is 26.8. The third-order valence-electron chi connectivity index (χ3n) is 19.0. The molecule has 0 amide bonds. The summed E-state index contributed by atoms with van der Waals surface area (Å²) in [5.41, 5.74) is 15.2. The number of H-pyrrole nitrogens is 1. The van der Waals surface area contributed by atoms with Crippen LogP contribution in [0.25, 0.3) is 44.7 Å². The highest BCUT2D eigenvalue weighted by molar-refractivity contribution is 6.39. The number of halogens is 4. The van der Waals surface area contributed by atoms with Gasteiger partial charge in [0.15, 0.2) is 0 Å². The van der Waals surface area contributed by atoms with Crippen LogP contribution in [-0.2, 0) is 51.7 Å². The predicted octanol–water partition coefficient (Wildman–Crippen LogP) is 15.1. The SMILES string of the molecule is CCC1CNCCN1Cc1ccc(C)c(-c2ccnc(CCCc3cc(F)cc(F)c3)n2)c1.C[C@H]1CN(Cc2cccc(-c3ccnc(CCCc4ccc(O)cc4)n3)c2)[C@@H](C)CN1.C[C@H]1CN(Cc2cccc(-c3ccnc(NCCc4cc(Cl)c5[nH]cc(Cl)c5c4)n3)c2)[C@@H](C)CN1. The van der Waals surface area contributed by atoms with Crippen molar-refractivity contribution in [2.45, 2.75) is 143 Å². The van der Waals surface area contributed by atoms with E-state index in [0.717, 1.165) is 172 Å². The van der Waals surface area contributed by atoms with Crippen molar-refractivity contribution in [3.8, 4) is 39.5 Å². The van der Waals surface area contributed by atoms with Crippen molar-refractivity contribution in [1.29, 1.82) is 0 Å². The summed E-state index contributed by atoms with van der Waals surface area (Å²) >= 11 is 12.7. The molecule has 3 saturated heterocycles. The fraction of sp³-hybridized carbons (Fsp3) is 0.375. The number of rotatable bonds is 22. The van der Waals surface area contributed by atoms with Gasteiger partial charge in [0.25, 0.3) is 0 Å². The monoisotopic (exact) mass is 1370 g/mol. The second-order valence-electron chi connectivity index (χ2n) is 26.9. The van der Waals surface area contributed by atoms with Crippen LogP contribution in [0.1, 0.15) is 104 Å². The molecule has 518 valence electrons. The Morgan fingerprint density at radius 2 is 1.12 bits per heavy atom. The average Bonchev–Trinajstić information content (AvgIpc) is 1.28. The number of anilines is 1. The van der Waals surface area contributed by atoms with Gasteiger partial charge >= 0.3 is 0 Å². The maximum Gasteiger partial charge on any atom is 0.223 e. The van der Waals surface area contributed by atoms with Crippen molar-refractivity contribution < 1.29 is 13.9 Å². The maximum atomic E-state index is 13.4. The number of aromatic amines is 1. The van der Waals surface area contributed by atoms with Crippen LogP contribution in [0.2, 0.25) is 10.0 Å². The molecule has 3 aliphatic heterocycles. The number of phenolic OH excluding ortho intramolecular Hbond substituents is 1. The quantitative estimate of drug-likeness (QED) is 0.0379. The smallest absolute Gasteiger partial charge is 0.223 e. The normalized spacial score (nSPS) is 18.3. The molecular weight excluding hydrogens is 1280 g/mol. The number of piperazine rings is 3. The van der Waals surface area contributed by atoms with Crippen LogP contribution in [-0.4, -0.2) is 137 Å². The molecule has 5 atom stereocenters. The van der Waals surface area contributed by atoms with Crippen LogP contribution in [0, 0.1) is 18.6 Å². The Morgan fingerprint density at radius 3 is 1.77 bits per heavy atom. The molecule has 0 spiro atoms. The molecule has 4 aromatic heterocycles. The number of hydrogen-bond acceptors (Lipinski definition) is 14. The standard InChI is InChI=1S/C27H30Cl2N6.C27H32F2N4.C26H32N4O/c1-17-15-35(18(2)13-32-17)16-20-4-3-5-21(10-20)25-7-9-31-27(34-25)30-8-6-19-11-22-24(29)14-33-26(22)23(28)12-19;1-3-24-17-30-11-12-33(24)18-21-8-7-19(2)25(15-21)26-9-10-31-27(32-26)6-4-5-20-13-22(28)16-23(29)14-20;1-19-17-30(20(2)16-28-19)18-22-6-3-7-23(15-22)25-13-14-27-26(29-25)8-4-5-21-9-11-24(31)12-10-21/h3-5,7,9-12,14,17-18,32-33H,6,8,13,15-16H2,1-2H3,(H,30,31,34);7-10,13-16,24,30H,3-6,11-12,17-18H2,1-2H3;3,6-7,9-15,19-20,28,31H,4-5,8,16-18H2,1-2H3/t17-,18-;;19-,20-/m0.0/s1. The molecule has 3 aliphatic rings. The van der Waals surface area contributed by atoms with Crippen molar-refractivity contribution in [3.05, 3.63) is 237 Å². The molecule has 0 saturated carbocycles. The Labute approximate surface area is 592 Å². The lowest BCUT2D eigenvalue weighted by atomic mass is 10.0. The Morgan fingerprint density at radius 1 is 0.556 bits per heavy atom. The van der Waals surface area contributed by atoms with Crippen molar-refractivity contribution in [2.75, 3.05) is 57.7 Å². The molecule has 10 aromatic rings. The minimum Gasteiger partial charge on any atom is -0.508 e. The number of aromatic hydroxyl groups is 1. The van der Waals surface area contributed by atoms with E-state index < -0.39 is 11.6 Å².